The van der Waals surface area contributed by atoms with Gasteiger partial charge in [0.25, 0.3) is 0 Å². The van der Waals surface area contributed by atoms with E-state index in [2.05, 4.69) is 22.4 Å². The molecule has 25 heavy (non-hydrogen) atoms. The van der Waals surface area contributed by atoms with Crippen LogP contribution < -0.4 is 10.1 Å². The first-order valence-electron chi connectivity index (χ1n) is 8.50. The number of hydrogen-bond acceptors (Lipinski definition) is 2. The third-order valence-electron chi connectivity index (χ3n) is 4.00. The zero-order valence-electron chi connectivity index (χ0n) is 14.3. The fourth-order valence-corrected chi connectivity index (χ4v) is 2.79. The van der Waals surface area contributed by atoms with E-state index in [4.69, 9.17) is 4.74 Å². The molecule has 2 aromatic carbocycles. The van der Waals surface area contributed by atoms with Gasteiger partial charge in [-0.15, -0.1) is 0 Å². The summed E-state index contributed by atoms with van der Waals surface area (Å²) in [7, 11) is 0. The summed E-state index contributed by atoms with van der Waals surface area (Å²) in [6.45, 7) is 3.14. The number of carbonyl (C=O) groups is 1. The molecular weight excluding hydrogens is 312 g/mol. The van der Waals surface area contributed by atoms with Crippen LogP contribution in [0.15, 0.2) is 60.8 Å². The average Bonchev–Trinajstić information content (AvgIpc) is 3.05. The molecule has 4 nitrogen and oxygen atoms in total. The van der Waals surface area contributed by atoms with Crippen molar-refractivity contribution in [3.05, 3.63) is 71.9 Å². The van der Waals surface area contributed by atoms with Crippen molar-refractivity contribution in [1.29, 1.82) is 0 Å². The molecule has 0 bridgehead atoms. The molecule has 0 fully saturated rings. The molecule has 4 heteroatoms. The Morgan fingerprint density at radius 2 is 1.96 bits per heavy atom. The molecular formula is C21H22N2O2. The molecule has 2 N–H and O–H groups in total. The van der Waals surface area contributed by atoms with Crippen molar-refractivity contribution >= 4 is 22.9 Å². The fourth-order valence-electron chi connectivity index (χ4n) is 2.79. The van der Waals surface area contributed by atoms with Crippen LogP contribution in [0.5, 0.6) is 5.75 Å². The maximum absolute atomic E-state index is 12.0. The van der Waals surface area contributed by atoms with Gasteiger partial charge in [-0.3, -0.25) is 4.79 Å². The average molecular weight is 334 g/mol. The predicted octanol–water partition coefficient (Wildman–Crippen LogP) is 3.94. The zero-order chi connectivity index (χ0) is 17.5. The minimum atomic E-state index is -0.105. The van der Waals surface area contributed by atoms with Crippen molar-refractivity contribution in [2.75, 3.05) is 13.2 Å². The van der Waals surface area contributed by atoms with E-state index in [0.29, 0.717) is 13.2 Å². The van der Waals surface area contributed by atoms with Crippen molar-refractivity contribution in [3.63, 3.8) is 0 Å². The molecule has 0 spiro atoms. The highest BCUT2D eigenvalue weighted by molar-refractivity contribution is 5.92. The molecule has 1 aromatic heterocycles. The van der Waals surface area contributed by atoms with E-state index >= 15 is 0 Å². The van der Waals surface area contributed by atoms with Crippen molar-refractivity contribution < 1.29 is 9.53 Å². The first kappa shape index (κ1) is 16.8. The number of para-hydroxylation sites is 2. The van der Waals surface area contributed by atoms with E-state index in [-0.39, 0.29) is 5.91 Å². The van der Waals surface area contributed by atoms with E-state index < -0.39 is 0 Å². The third-order valence-corrected chi connectivity index (χ3v) is 4.00. The summed E-state index contributed by atoms with van der Waals surface area (Å²) in [4.78, 5) is 15.3. The summed E-state index contributed by atoms with van der Waals surface area (Å²) in [6.07, 6.45) is 6.13. The second-order valence-corrected chi connectivity index (χ2v) is 5.70. The maximum Gasteiger partial charge on any atom is 0.244 e. The quantitative estimate of drug-likeness (QED) is 0.643. The van der Waals surface area contributed by atoms with Crippen LogP contribution in [0.4, 0.5) is 0 Å². The fraction of sp³-hybridized carbons (Fsp3) is 0.190. The molecule has 3 aromatic rings. The Hall–Kier alpha value is -3.01. The van der Waals surface area contributed by atoms with E-state index in [1.807, 2.05) is 49.5 Å². The number of aromatic amines is 1. The Bertz CT molecular complexity index is 880. The molecule has 0 saturated carbocycles. The van der Waals surface area contributed by atoms with Crippen LogP contribution in [0, 0.1) is 0 Å². The summed E-state index contributed by atoms with van der Waals surface area (Å²) >= 11 is 0. The molecule has 0 unspecified atom stereocenters. The Balaban J connectivity index is 1.55. The lowest BCUT2D eigenvalue weighted by Crippen LogP contribution is -2.23. The number of carbonyl (C=O) groups excluding carboxylic acids is 1. The molecule has 1 heterocycles. The first-order valence-corrected chi connectivity index (χ1v) is 8.50. The first-order chi connectivity index (χ1) is 12.3. The van der Waals surface area contributed by atoms with Crippen molar-refractivity contribution in [1.82, 2.24) is 10.3 Å². The van der Waals surface area contributed by atoms with E-state index in [0.717, 1.165) is 23.3 Å². The van der Waals surface area contributed by atoms with Crippen LogP contribution in [0.25, 0.3) is 17.0 Å². The molecule has 0 saturated heterocycles. The number of fused-ring (bicyclic) bond motifs is 1. The van der Waals surface area contributed by atoms with Gasteiger partial charge in [0.05, 0.1) is 6.61 Å². The Kier molecular flexibility index (Phi) is 5.52. The molecule has 1 amide bonds. The summed E-state index contributed by atoms with van der Waals surface area (Å²) < 4.78 is 5.55. The SMILES string of the molecule is CCOc1ccccc1/C=C/C(=O)NCCc1c[nH]c2ccccc12. The van der Waals surface area contributed by atoms with E-state index in [1.165, 1.54) is 10.9 Å². The molecule has 0 atom stereocenters. The summed E-state index contributed by atoms with van der Waals surface area (Å²) in [6, 6.07) is 15.9. The normalized spacial score (nSPS) is 11.1. The number of aromatic nitrogens is 1. The standard InChI is InChI=1S/C21H22N2O2/c1-2-25-20-10-6-3-7-16(20)11-12-21(24)22-14-13-17-15-23-19-9-5-4-8-18(17)19/h3-12,15,23H,2,13-14H2,1H3,(H,22,24)/b12-11+. The number of ether oxygens (including phenoxy) is 1. The highest BCUT2D eigenvalue weighted by atomic mass is 16.5. The Morgan fingerprint density at radius 1 is 1.16 bits per heavy atom. The summed E-state index contributed by atoms with van der Waals surface area (Å²) in [5, 5.41) is 4.13. The second-order valence-electron chi connectivity index (χ2n) is 5.70. The highest BCUT2D eigenvalue weighted by Gasteiger charge is 2.04. The topological polar surface area (TPSA) is 54.1 Å². The highest BCUT2D eigenvalue weighted by Crippen LogP contribution is 2.19. The van der Waals surface area contributed by atoms with Crippen molar-refractivity contribution in [2.24, 2.45) is 0 Å². The van der Waals surface area contributed by atoms with Crippen LogP contribution in [0.2, 0.25) is 0 Å². The lowest BCUT2D eigenvalue weighted by Gasteiger charge is -2.06. The molecule has 0 aliphatic heterocycles. The van der Waals surface area contributed by atoms with Crippen LogP contribution in [-0.2, 0) is 11.2 Å². The Labute approximate surface area is 147 Å². The molecule has 3 rings (SSSR count). The van der Waals surface area contributed by atoms with Gasteiger partial charge in [-0.1, -0.05) is 36.4 Å². The lowest BCUT2D eigenvalue weighted by atomic mass is 10.1. The van der Waals surface area contributed by atoms with Crippen LogP contribution in [0.3, 0.4) is 0 Å². The van der Waals surface area contributed by atoms with Gasteiger partial charge in [-0.05, 0) is 37.1 Å². The second kappa shape index (κ2) is 8.20. The minimum Gasteiger partial charge on any atom is -0.493 e. The Morgan fingerprint density at radius 3 is 2.84 bits per heavy atom. The number of H-pyrrole nitrogens is 1. The number of hydrogen-bond donors (Lipinski definition) is 2. The van der Waals surface area contributed by atoms with Gasteiger partial charge < -0.3 is 15.0 Å². The smallest absolute Gasteiger partial charge is 0.244 e. The maximum atomic E-state index is 12.0. The van der Waals surface area contributed by atoms with E-state index in [9.17, 15) is 4.79 Å². The van der Waals surface area contributed by atoms with Gasteiger partial charge in [0.15, 0.2) is 0 Å². The molecule has 0 aliphatic rings. The van der Waals surface area contributed by atoms with Crippen molar-refractivity contribution in [3.8, 4) is 5.75 Å². The largest absolute Gasteiger partial charge is 0.493 e. The monoisotopic (exact) mass is 334 g/mol. The molecule has 0 aliphatic carbocycles. The van der Waals surface area contributed by atoms with Gasteiger partial charge >= 0.3 is 0 Å². The van der Waals surface area contributed by atoms with Crippen molar-refractivity contribution in [2.45, 2.75) is 13.3 Å². The number of amides is 1. The number of nitrogens with one attached hydrogen (secondary N) is 2. The van der Waals surface area contributed by atoms with Gasteiger partial charge in [0.1, 0.15) is 5.75 Å². The summed E-state index contributed by atoms with van der Waals surface area (Å²) in [5.74, 6) is 0.680. The van der Waals surface area contributed by atoms with Gasteiger partial charge in [0, 0.05) is 35.3 Å². The summed E-state index contributed by atoms with van der Waals surface area (Å²) in [5.41, 5.74) is 3.23. The molecule has 0 radical (unpaired) electrons. The number of benzene rings is 2. The zero-order valence-corrected chi connectivity index (χ0v) is 14.3. The van der Waals surface area contributed by atoms with Crippen LogP contribution in [0.1, 0.15) is 18.1 Å². The lowest BCUT2D eigenvalue weighted by molar-refractivity contribution is -0.116. The molecule has 128 valence electrons. The van der Waals surface area contributed by atoms with Gasteiger partial charge in [-0.2, -0.15) is 0 Å². The number of rotatable bonds is 7. The predicted molar refractivity (Wildman–Crippen MR) is 102 cm³/mol. The van der Waals surface area contributed by atoms with Gasteiger partial charge in [0.2, 0.25) is 5.91 Å². The minimum absolute atomic E-state index is 0.105. The third kappa shape index (κ3) is 4.29. The van der Waals surface area contributed by atoms with Crippen LogP contribution in [-0.4, -0.2) is 24.0 Å². The van der Waals surface area contributed by atoms with Crippen LogP contribution >= 0.6 is 0 Å². The van der Waals surface area contributed by atoms with E-state index in [1.54, 1.807) is 12.2 Å². The van der Waals surface area contributed by atoms with Gasteiger partial charge in [-0.25, -0.2) is 0 Å².